The third-order valence-corrected chi connectivity index (χ3v) is 5.36. The average molecular weight is 314 g/mol. The molecule has 2 N–H and O–H groups in total. The summed E-state index contributed by atoms with van der Waals surface area (Å²) in [5, 5.41) is 9.15. The SMILES string of the molecule is NC(=O)C(Sc1nnc(C2CC2)n1C1CC1)c1ccccc1. The lowest BCUT2D eigenvalue weighted by molar-refractivity contribution is -0.117. The van der Waals surface area contributed by atoms with Crippen LogP contribution in [0.3, 0.4) is 0 Å². The topological polar surface area (TPSA) is 73.8 Å². The summed E-state index contributed by atoms with van der Waals surface area (Å²) in [4.78, 5) is 11.9. The standard InChI is InChI=1S/C16H18N4OS/c17-14(21)13(10-4-2-1-3-5-10)22-16-19-18-15(11-6-7-11)20(16)12-8-9-12/h1-5,11-13H,6-9H2,(H2,17,21). The van der Waals surface area contributed by atoms with Gasteiger partial charge in [-0.15, -0.1) is 10.2 Å². The monoisotopic (exact) mass is 314 g/mol. The van der Waals surface area contributed by atoms with E-state index >= 15 is 0 Å². The van der Waals surface area contributed by atoms with Crippen molar-refractivity contribution >= 4 is 17.7 Å². The van der Waals surface area contributed by atoms with E-state index in [1.807, 2.05) is 30.3 Å². The summed E-state index contributed by atoms with van der Waals surface area (Å²) in [5.41, 5.74) is 6.54. The van der Waals surface area contributed by atoms with E-state index in [0.29, 0.717) is 12.0 Å². The second-order valence-electron chi connectivity index (χ2n) is 6.03. The molecule has 0 bridgehead atoms. The molecular weight excluding hydrogens is 296 g/mol. The maximum atomic E-state index is 11.9. The highest BCUT2D eigenvalue weighted by Crippen LogP contribution is 2.47. The highest BCUT2D eigenvalue weighted by Gasteiger charge is 2.37. The Kier molecular flexibility index (Phi) is 3.41. The van der Waals surface area contributed by atoms with Crippen LogP contribution in [0.1, 0.15) is 54.3 Å². The van der Waals surface area contributed by atoms with E-state index < -0.39 is 5.25 Å². The van der Waals surface area contributed by atoms with Gasteiger partial charge in [-0.3, -0.25) is 4.79 Å². The molecule has 0 radical (unpaired) electrons. The number of nitrogens with zero attached hydrogens (tertiary/aromatic N) is 3. The summed E-state index contributed by atoms with van der Waals surface area (Å²) in [7, 11) is 0. The van der Waals surface area contributed by atoms with Gasteiger partial charge in [0.05, 0.1) is 0 Å². The Morgan fingerprint density at radius 3 is 2.50 bits per heavy atom. The highest BCUT2D eigenvalue weighted by atomic mass is 32.2. The highest BCUT2D eigenvalue weighted by molar-refractivity contribution is 8.00. The van der Waals surface area contributed by atoms with Crippen molar-refractivity contribution in [1.29, 1.82) is 0 Å². The molecule has 1 unspecified atom stereocenters. The molecule has 1 aromatic heterocycles. The molecule has 2 saturated carbocycles. The van der Waals surface area contributed by atoms with Crippen LogP contribution in [-0.4, -0.2) is 20.7 Å². The number of carbonyl (C=O) groups excluding carboxylic acids is 1. The van der Waals surface area contributed by atoms with Crippen LogP contribution >= 0.6 is 11.8 Å². The molecule has 22 heavy (non-hydrogen) atoms. The van der Waals surface area contributed by atoms with E-state index in [1.165, 1.54) is 37.4 Å². The first kappa shape index (κ1) is 13.8. The molecule has 1 atom stereocenters. The molecule has 0 aliphatic heterocycles. The Hall–Kier alpha value is -1.82. The van der Waals surface area contributed by atoms with E-state index in [9.17, 15) is 4.79 Å². The number of aromatic nitrogens is 3. The number of carbonyl (C=O) groups is 1. The third kappa shape index (κ3) is 2.63. The minimum absolute atomic E-state index is 0.338. The second-order valence-corrected chi connectivity index (χ2v) is 7.10. The molecule has 1 heterocycles. The molecule has 2 aromatic rings. The van der Waals surface area contributed by atoms with E-state index in [-0.39, 0.29) is 5.91 Å². The van der Waals surface area contributed by atoms with Gasteiger partial charge >= 0.3 is 0 Å². The van der Waals surface area contributed by atoms with Crippen molar-refractivity contribution in [2.45, 2.75) is 48.0 Å². The molecule has 0 saturated heterocycles. The summed E-state index contributed by atoms with van der Waals surface area (Å²) < 4.78 is 2.25. The zero-order valence-electron chi connectivity index (χ0n) is 12.2. The maximum absolute atomic E-state index is 11.9. The van der Waals surface area contributed by atoms with Gasteiger partial charge in [-0.25, -0.2) is 0 Å². The van der Waals surface area contributed by atoms with Crippen molar-refractivity contribution in [2.75, 3.05) is 0 Å². The Balaban J connectivity index is 1.65. The van der Waals surface area contributed by atoms with E-state index in [2.05, 4.69) is 14.8 Å². The molecule has 114 valence electrons. The van der Waals surface area contributed by atoms with Crippen LogP contribution in [0.5, 0.6) is 0 Å². The van der Waals surface area contributed by atoms with Crippen molar-refractivity contribution in [1.82, 2.24) is 14.8 Å². The molecule has 2 aliphatic carbocycles. The number of primary amides is 1. The number of rotatable bonds is 6. The third-order valence-electron chi connectivity index (χ3n) is 4.13. The predicted octanol–water partition coefficient (Wildman–Crippen LogP) is 2.81. The first-order valence-corrected chi connectivity index (χ1v) is 8.57. The molecule has 4 rings (SSSR count). The van der Waals surface area contributed by atoms with Gasteiger partial charge in [-0.1, -0.05) is 42.1 Å². The number of amides is 1. The maximum Gasteiger partial charge on any atom is 0.235 e. The minimum Gasteiger partial charge on any atom is -0.368 e. The Labute approximate surface area is 133 Å². The van der Waals surface area contributed by atoms with Crippen molar-refractivity contribution in [2.24, 2.45) is 5.73 Å². The van der Waals surface area contributed by atoms with Crippen molar-refractivity contribution in [3.05, 3.63) is 41.7 Å². The van der Waals surface area contributed by atoms with Gasteiger partial charge in [-0.2, -0.15) is 0 Å². The molecule has 1 amide bonds. The first-order valence-electron chi connectivity index (χ1n) is 7.69. The zero-order chi connectivity index (χ0) is 15.1. The zero-order valence-corrected chi connectivity index (χ0v) is 13.0. The smallest absolute Gasteiger partial charge is 0.235 e. The largest absolute Gasteiger partial charge is 0.368 e. The second kappa shape index (κ2) is 5.43. The molecule has 6 heteroatoms. The summed E-state index contributed by atoms with van der Waals surface area (Å²) >= 11 is 1.43. The Morgan fingerprint density at radius 1 is 1.18 bits per heavy atom. The van der Waals surface area contributed by atoms with Gasteiger partial charge in [0.1, 0.15) is 11.1 Å². The molecule has 1 aromatic carbocycles. The molecule has 0 spiro atoms. The van der Waals surface area contributed by atoms with Gasteiger partial charge in [0.15, 0.2) is 5.16 Å². The van der Waals surface area contributed by atoms with Crippen LogP contribution < -0.4 is 5.73 Å². The van der Waals surface area contributed by atoms with Gasteiger partial charge in [0, 0.05) is 12.0 Å². The van der Waals surface area contributed by atoms with Crippen LogP contribution in [0, 0.1) is 0 Å². The van der Waals surface area contributed by atoms with Crippen molar-refractivity contribution < 1.29 is 4.79 Å². The Bertz CT molecular complexity index is 691. The molecule has 5 nitrogen and oxygen atoms in total. The van der Waals surface area contributed by atoms with E-state index in [1.54, 1.807) is 0 Å². The van der Waals surface area contributed by atoms with Crippen LogP contribution in [0.2, 0.25) is 0 Å². The van der Waals surface area contributed by atoms with E-state index in [4.69, 9.17) is 5.73 Å². The molecular formula is C16H18N4OS. The predicted molar refractivity (Wildman–Crippen MR) is 84.5 cm³/mol. The fourth-order valence-corrected chi connectivity index (χ4v) is 3.75. The van der Waals surface area contributed by atoms with Crippen LogP contribution in [-0.2, 0) is 4.79 Å². The number of thioether (sulfide) groups is 1. The Morgan fingerprint density at radius 2 is 1.91 bits per heavy atom. The molecule has 2 fully saturated rings. The van der Waals surface area contributed by atoms with Gasteiger partial charge in [-0.05, 0) is 31.2 Å². The summed E-state index contributed by atoms with van der Waals surface area (Å²) in [6.07, 6.45) is 4.76. The fraction of sp³-hybridized carbons (Fsp3) is 0.438. The normalized spacial score (nSPS) is 19.1. The molecule has 2 aliphatic rings. The van der Waals surface area contributed by atoms with Crippen LogP contribution in [0.25, 0.3) is 0 Å². The van der Waals surface area contributed by atoms with Crippen molar-refractivity contribution in [3.63, 3.8) is 0 Å². The van der Waals surface area contributed by atoms with Gasteiger partial charge < -0.3 is 10.3 Å². The minimum atomic E-state index is -0.421. The van der Waals surface area contributed by atoms with Gasteiger partial charge in [0.25, 0.3) is 0 Å². The lowest BCUT2D eigenvalue weighted by atomic mass is 10.1. The first-order chi connectivity index (χ1) is 10.7. The van der Waals surface area contributed by atoms with E-state index in [0.717, 1.165) is 16.5 Å². The average Bonchev–Trinajstić information content (AvgIpc) is 3.44. The lowest BCUT2D eigenvalue weighted by Crippen LogP contribution is -2.19. The summed E-state index contributed by atoms with van der Waals surface area (Å²) in [6, 6.07) is 10.2. The number of nitrogens with two attached hydrogens (primary N) is 1. The fourth-order valence-electron chi connectivity index (χ4n) is 2.69. The van der Waals surface area contributed by atoms with Crippen molar-refractivity contribution in [3.8, 4) is 0 Å². The van der Waals surface area contributed by atoms with Crippen LogP contribution in [0.4, 0.5) is 0 Å². The quantitative estimate of drug-likeness (QED) is 0.832. The van der Waals surface area contributed by atoms with Crippen LogP contribution in [0.15, 0.2) is 35.5 Å². The number of benzene rings is 1. The van der Waals surface area contributed by atoms with Gasteiger partial charge in [0.2, 0.25) is 5.91 Å². The number of hydrogen-bond donors (Lipinski definition) is 1. The number of hydrogen-bond acceptors (Lipinski definition) is 4. The summed E-state index contributed by atoms with van der Waals surface area (Å²) in [6.45, 7) is 0. The lowest BCUT2D eigenvalue weighted by Gasteiger charge is -2.14. The summed E-state index contributed by atoms with van der Waals surface area (Å²) in [5.74, 6) is 1.32.